The summed E-state index contributed by atoms with van der Waals surface area (Å²) in [5.41, 5.74) is 5.27. The van der Waals surface area contributed by atoms with Crippen molar-refractivity contribution in [2.75, 3.05) is 24.7 Å². The van der Waals surface area contributed by atoms with E-state index in [1.54, 1.807) is 6.07 Å². The van der Waals surface area contributed by atoms with Gasteiger partial charge in [0, 0.05) is 18.0 Å². The lowest BCUT2D eigenvalue weighted by molar-refractivity contribution is -0.121. The van der Waals surface area contributed by atoms with E-state index in [0.717, 1.165) is 5.82 Å². The van der Waals surface area contributed by atoms with Crippen molar-refractivity contribution in [3.05, 3.63) is 16.5 Å². The minimum atomic E-state index is -0.488. The molecule has 1 unspecified atom stereocenters. The standard InChI is InChI=1S/C13H19BrN4O2/c1-13(2,3)12-16-9(14)6-10(17-12)18-4-5-20-7-8(18)11(15)19/h6,8H,4-5,7H2,1-3H3,(H2,15,19). The summed E-state index contributed by atoms with van der Waals surface area (Å²) >= 11 is 3.40. The number of ether oxygens (including phenoxy) is 1. The number of primary amides is 1. The summed E-state index contributed by atoms with van der Waals surface area (Å²) < 4.78 is 6.02. The Bertz CT molecular complexity index is 516. The van der Waals surface area contributed by atoms with E-state index < -0.39 is 11.9 Å². The lowest BCUT2D eigenvalue weighted by atomic mass is 9.96. The molecule has 0 radical (unpaired) electrons. The zero-order chi connectivity index (χ0) is 14.9. The summed E-state index contributed by atoms with van der Waals surface area (Å²) in [7, 11) is 0. The minimum Gasteiger partial charge on any atom is -0.377 e. The van der Waals surface area contributed by atoms with Crippen molar-refractivity contribution < 1.29 is 9.53 Å². The quantitative estimate of drug-likeness (QED) is 0.817. The predicted octanol–water partition coefficient (Wildman–Crippen LogP) is 1.23. The van der Waals surface area contributed by atoms with Crippen molar-refractivity contribution in [3.8, 4) is 0 Å². The predicted molar refractivity (Wildman–Crippen MR) is 79.6 cm³/mol. The molecule has 0 saturated carbocycles. The number of carbonyl (C=O) groups is 1. The first-order valence-corrected chi connectivity index (χ1v) is 7.27. The monoisotopic (exact) mass is 342 g/mol. The summed E-state index contributed by atoms with van der Waals surface area (Å²) in [5, 5.41) is 0. The largest absolute Gasteiger partial charge is 0.377 e. The van der Waals surface area contributed by atoms with Gasteiger partial charge in [0.2, 0.25) is 5.91 Å². The molecule has 1 aliphatic heterocycles. The Balaban J connectivity index is 2.40. The van der Waals surface area contributed by atoms with Gasteiger partial charge in [-0.15, -0.1) is 0 Å². The third-order valence-electron chi connectivity index (χ3n) is 3.10. The number of hydrogen-bond acceptors (Lipinski definition) is 5. The van der Waals surface area contributed by atoms with Gasteiger partial charge in [-0.3, -0.25) is 4.79 Å². The van der Waals surface area contributed by atoms with Crippen LogP contribution in [0.5, 0.6) is 0 Å². The number of nitrogens with two attached hydrogens (primary N) is 1. The molecule has 2 rings (SSSR count). The van der Waals surface area contributed by atoms with Crippen LogP contribution in [0.25, 0.3) is 0 Å². The van der Waals surface area contributed by atoms with Gasteiger partial charge in [0.15, 0.2) is 0 Å². The van der Waals surface area contributed by atoms with Gasteiger partial charge < -0.3 is 15.4 Å². The number of nitrogens with zero attached hydrogens (tertiary/aromatic N) is 3. The molecular weight excluding hydrogens is 324 g/mol. The number of anilines is 1. The molecule has 1 aromatic rings. The molecule has 2 heterocycles. The molecule has 110 valence electrons. The van der Waals surface area contributed by atoms with Crippen LogP contribution in [-0.4, -0.2) is 41.7 Å². The molecule has 6 nitrogen and oxygen atoms in total. The maximum Gasteiger partial charge on any atom is 0.242 e. The summed E-state index contributed by atoms with van der Waals surface area (Å²) in [6, 6.07) is 1.31. The van der Waals surface area contributed by atoms with E-state index >= 15 is 0 Å². The molecule has 0 aliphatic carbocycles. The average Bonchev–Trinajstić information content (AvgIpc) is 2.37. The number of aromatic nitrogens is 2. The van der Waals surface area contributed by atoms with E-state index in [1.165, 1.54) is 0 Å². The van der Waals surface area contributed by atoms with Crippen LogP contribution in [0.2, 0.25) is 0 Å². The molecule has 0 bridgehead atoms. The smallest absolute Gasteiger partial charge is 0.242 e. The zero-order valence-corrected chi connectivity index (χ0v) is 13.5. The molecular formula is C13H19BrN4O2. The maximum absolute atomic E-state index is 11.6. The Morgan fingerprint density at radius 3 is 2.80 bits per heavy atom. The summed E-state index contributed by atoms with van der Waals surface area (Å²) in [5.74, 6) is 1.01. The Kier molecular flexibility index (Phi) is 4.29. The Morgan fingerprint density at radius 1 is 1.50 bits per heavy atom. The van der Waals surface area contributed by atoms with Crippen LogP contribution in [-0.2, 0) is 14.9 Å². The van der Waals surface area contributed by atoms with E-state index in [9.17, 15) is 4.79 Å². The number of halogens is 1. The molecule has 20 heavy (non-hydrogen) atoms. The molecule has 0 spiro atoms. The van der Waals surface area contributed by atoms with Gasteiger partial charge in [0.1, 0.15) is 22.3 Å². The fourth-order valence-electron chi connectivity index (χ4n) is 2.00. The van der Waals surface area contributed by atoms with Gasteiger partial charge in [0.25, 0.3) is 0 Å². The first-order chi connectivity index (χ1) is 9.29. The van der Waals surface area contributed by atoms with Crippen molar-refractivity contribution in [3.63, 3.8) is 0 Å². The van der Waals surface area contributed by atoms with Gasteiger partial charge in [0.05, 0.1) is 13.2 Å². The molecule has 1 aliphatic rings. The first-order valence-electron chi connectivity index (χ1n) is 6.48. The Labute approximate surface area is 126 Å². The molecule has 1 atom stereocenters. The number of morpholine rings is 1. The fourth-order valence-corrected chi connectivity index (χ4v) is 2.37. The van der Waals surface area contributed by atoms with E-state index in [1.807, 2.05) is 25.7 Å². The number of amides is 1. The highest BCUT2D eigenvalue weighted by atomic mass is 79.9. The van der Waals surface area contributed by atoms with Crippen molar-refractivity contribution in [1.82, 2.24) is 9.97 Å². The molecule has 1 aromatic heterocycles. The van der Waals surface area contributed by atoms with Crippen molar-refractivity contribution in [2.24, 2.45) is 5.73 Å². The normalized spacial score (nSPS) is 20.0. The van der Waals surface area contributed by atoms with Crippen molar-refractivity contribution in [2.45, 2.75) is 32.2 Å². The third kappa shape index (κ3) is 3.27. The van der Waals surface area contributed by atoms with Gasteiger partial charge >= 0.3 is 0 Å². The van der Waals surface area contributed by atoms with Crippen LogP contribution in [0.1, 0.15) is 26.6 Å². The van der Waals surface area contributed by atoms with Crippen LogP contribution in [0.3, 0.4) is 0 Å². The SMILES string of the molecule is CC(C)(C)c1nc(Br)cc(N2CCOCC2C(N)=O)n1. The summed E-state index contributed by atoms with van der Waals surface area (Å²) in [6.07, 6.45) is 0. The second-order valence-corrected chi connectivity index (χ2v) is 6.62. The topological polar surface area (TPSA) is 81.3 Å². The first kappa shape index (κ1) is 15.2. The van der Waals surface area contributed by atoms with E-state index in [4.69, 9.17) is 10.5 Å². The minimum absolute atomic E-state index is 0.174. The summed E-state index contributed by atoms with van der Waals surface area (Å²) in [4.78, 5) is 22.4. The lowest BCUT2D eigenvalue weighted by Gasteiger charge is -2.35. The second-order valence-electron chi connectivity index (χ2n) is 5.81. The molecule has 1 saturated heterocycles. The van der Waals surface area contributed by atoms with E-state index in [2.05, 4.69) is 25.9 Å². The highest BCUT2D eigenvalue weighted by Gasteiger charge is 2.30. The molecule has 7 heteroatoms. The summed E-state index contributed by atoms with van der Waals surface area (Å²) in [6.45, 7) is 7.56. The zero-order valence-electron chi connectivity index (χ0n) is 11.9. The highest BCUT2D eigenvalue weighted by Crippen LogP contribution is 2.26. The highest BCUT2D eigenvalue weighted by molar-refractivity contribution is 9.10. The number of hydrogen-bond donors (Lipinski definition) is 1. The molecule has 1 fully saturated rings. The average molecular weight is 343 g/mol. The molecule has 1 amide bonds. The Hall–Kier alpha value is -1.21. The van der Waals surface area contributed by atoms with Gasteiger partial charge in [-0.25, -0.2) is 9.97 Å². The van der Waals surface area contributed by atoms with E-state index in [-0.39, 0.29) is 5.41 Å². The fraction of sp³-hybridized carbons (Fsp3) is 0.615. The molecule has 2 N–H and O–H groups in total. The van der Waals surface area contributed by atoms with Gasteiger partial charge in [-0.05, 0) is 15.9 Å². The maximum atomic E-state index is 11.6. The van der Waals surface area contributed by atoms with Crippen molar-refractivity contribution >= 4 is 27.7 Å². The van der Waals surface area contributed by atoms with Crippen LogP contribution in [0.15, 0.2) is 10.7 Å². The van der Waals surface area contributed by atoms with Crippen LogP contribution in [0, 0.1) is 0 Å². The van der Waals surface area contributed by atoms with Crippen LogP contribution < -0.4 is 10.6 Å². The second kappa shape index (κ2) is 5.65. The Morgan fingerprint density at radius 2 is 2.20 bits per heavy atom. The van der Waals surface area contributed by atoms with Gasteiger partial charge in [-0.1, -0.05) is 20.8 Å². The lowest BCUT2D eigenvalue weighted by Crippen LogP contribution is -2.53. The van der Waals surface area contributed by atoms with E-state index in [0.29, 0.717) is 30.2 Å². The van der Waals surface area contributed by atoms with Crippen LogP contribution in [0.4, 0.5) is 5.82 Å². The van der Waals surface area contributed by atoms with Crippen molar-refractivity contribution in [1.29, 1.82) is 0 Å². The third-order valence-corrected chi connectivity index (χ3v) is 3.51. The number of carbonyl (C=O) groups excluding carboxylic acids is 1. The number of rotatable bonds is 2. The van der Waals surface area contributed by atoms with Gasteiger partial charge in [-0.2, -0.15) is 0 Å². The van der Waals surface area contributed by atoms with Crippen LogP contribution >= 0.6 is 15.9 Å². The molecule has 0 aromatic carbocycles.